The number of aliphatic hydroxyl groups is 1. The van der Waals surface area contributed by atoms with E-state index in [1.807, 2.05) is 0 Å². The zero-order chi connectivity index (χ0) is 27.5. The molecule has 1 N–H and O–H groups in total. The van der Waals surface area contributed by atoms with Crippen molar-refractivity contribution < 1.29 is 28.6 Å². The van der Waals surface area contributed by atoms with Gasteiger partial charge >= 0.3 is 0 Å². The molecule has 0 radical (unpaired) electrons. The van der Waals surface area contributed by atoms with Gasteiger partial charge in [-0.1, -0.05) is 61.8 Å². The number of ether oxygens (including phenoxy) is 2. The van der Waals surface area contributed by atoms with Crippen molar-refractivity contribution in [3.63, 3.8) is 0 Å². The van der Waals surface area contributed by atoms with E-state index in [2.05, 4.69) is 17.1 Å². The van der Waals surface area contributed by atoms with Crippen molar-refractivity contribution in [3.8, 4) is 11.5 Å². The van der Waals surface area contributed by atoms with Crippen molar-refractivity contribution in [1.29, 1.82) is 0 Å². The molecular weight excluding hydrogens is 518 g/mol. The summed E-state index contributed by atoms with van der Waals surface area (Å²) in [6.07, 6.45) is 4.40. The molecule has 10 heteroatoms. The monoisotopic (exact) mass is 547 g/mol. The molecule has 0 saturated carbocycles. The van der Waals surface area contributed by atoms with Crippen LogP contribution in [0.1, 0.15) is 59.8 Å². The van der Waals surface area contributed by atoms with Crippen molar-refractivity contribution in [2.45, 2.75) is 45.6 Å². The second-order valence-corrected chi connectivity index (χ2v) is 10.4. The Hall–Kier alpha value is -4.18. The molecule has 2 aromatic heterocycles. The number of rotatable bonds is 11. The van der Waals surface area contributed by atoms with E-state index in [-0.39, 0.29) is 16.5 Å². The van der Waals surface area contributed by atoms with Crippen LogP contribution in [0.3, 0.4) is 0 Å². The van der Waals surface area contributed by atoms with Gasteiger partial charge in [0.25, 0.3) is 5.91 Å². The lowest BCUT2D eigenvalue weighted by Crippen LogP contribution is -2.31. The molecule has 0 bridgehead atoms. The number of aromatic nitrogens is 2. The van der Waals surface area contributed by atoms with Gasteiger partial charge in [0.2, 0.25) is 10.9 Å². The number of carbonyl (C=O) groups excluding carboxylic acids is 2. The highest BCUT2D eigenvalue weighted by Gasteiger charge is 2.46. The van der Waals surface area contributed by atoms with Gasteiger partial charge in [-0.2, -0.15) is 0 Å². The Morgan fingerprint density at radius 1 is 1.13 bits per heavy atom. The highest BCUT2D eigenvalue weighted by molar-refractivity contribution is 7.15. The third-order valence-corrected chi connectivity index (χ3v) is 7.43. The Labute approximate surface area is 229 Å². The number of ketones is 1. The number of para-hydroxylation sites is 1. The highest BCUT2D eigenvalue weighted by atomic mass is 32.1. The number of amides is 1. The lowest BCUT2D eigenvalue weighted by Gasteiger charge is -2.24. The number of aryl methyl sites for hydroxylation is 1. The van der Waals surface area contributed by atoms with Crippen LogP contribution >= 0.6 is 11.3 Å². The molecule has 1 aliphatic heterocycles. The minimum Gasteiger partial charge on any atom is -0.503 e. The lowest BCUT2D eigenvalue weighted by atomic mass is 9.95. The summed E-state index contributed by atoms with van der Waals surface area (Å²) in [6.45, 7) is 4.54. The van der Waals surface area contributed by atoms with Crippen molar-refractivity contribution >= 4 is 39.1 Å². The number of benzene rings is 2. The van der Waals surface area contributed by atoms with Gasteiger partial charge < -0.3 is 19.0 Å². The van der Waals surface area contributed by atoms with Gasteiger partial charge in [0.1, 0.15) is 10.8 Å². The average Bonchev–Trinajstić information content (AvgIpc) is 3.64. The first-order valence-electron chi connectivity index (χ1n) is 12.8. The third-order valence-electron chi connectivity index (χ3n) is 6.59. The number of hydrogen-bond donors (Lipinski definition) is 1. The van der Waals surface area contributed by atoms with Gasteiger partial charge in [-0.3, -0.25) is 14.5 Å². The number of carbonyl (C=O) groups is 2. The van der Waals surface area contributed by atoms with Crippen LogP contribution in [0.4, 0.5) is 5.13 Å². The van der Waals surface area contributed by atoms with Crippen molar-refractivity contribution in [3.05, 3.63) is 76.2 Å². The van der Waals surface area contributed by atoms with E-state index in [0.717, 1.165) is 19.3 Å². The highest BCUT2D eigenvalue weighted by Crippen LogP contribution is 2.43. The first kappa shape index (κ1) is 26.4. The van der Waals surface area contributed by atoms with E-state index in [4.69, 9.17) is 13.9 Å². The maximum atomic E-state index is 13.8. The van der Waals surface area contributed by atoms with Gasteiger partial charge in [-0.05, 0) is 43.2 Å². The van der Waals surface area contributed by atoms with Crippen LogP contribution in [-0.2, 0) is 4.79 Å². The molecule has 1 unspecified atom stereocenters. The predicted octanol–water partition coefficient (Wildman–Crippen LogP) is 6.34. The molecule has 202 valence electrons. The molecule has 0 fully saturated rings. The second-order valence-electron chi connectivity index (χ2n) is 9.24. The van der Waals surface area contributed by atoms with E-state index in [1.165, 1.54) is 29.8 Å². The van der Waals surface area contributed by atoms with Gasteiger partial charge in [-0.15, -0.1) is 10.2 Å². The van der Waals surface area contributed by atoms with Gasteiger partial charge in [0.15, 0.2) is 22.9 Å². The maximum absolute atomic E-state index is 13.8. The zero-order valence-corrected chi connectivity index (χ0v) is 22.8. The lowest BCUT2D eigenvalue weighted by molar-refractivity contribution is -0.117. The Kier molecular flexibility index (Phi) is 7.65. The fourth-order valence-corrected chi connectivity index (χ4v) is 5.35. The Bertz CT molecular complexity index is 1540. The van der Waals surface area contributed by atoms with Crippen LogP contribution in [0.5, 0.6) is 11.5 Å². The molecule has 0 aliphatic carbocycles. The van der Waals surface area contributed by atoms with Crippen molar-refractivity contribution in [2.75, 3.05) is 18.6 Å². The first-order chi connectivity index (χ1) is 18.9. The van der Waals surface area contributed by atoms with Gasteiger partial charge in [0, 0.05) is 5.39 Å². The van der Waals surface area contributed by atoms with Crippen LogP contribution in [-0.4, -0.2) is 40.7 Å². The normalized spacial score (nSPS) is 15.4. The van der Waals surface area contributed by atoms with Crippen molar-refractivity contribution in [1.82, 2.24) is 10.2 Å². The van der Waals surface area contributed by atoms with Crippen molar-refractivity contribution in [2.24, 2.45) is 0 Å². The van der Waals surface area contributed by atoms with Crippen LogP contribution in [0, 0.1) is 6.92 Å². The van der Waals surface area contributed by atoms with E-state index in [0.29, 0.717) is 39.6 Å². The van der Waals surface area contributed by atoms with E-state index in [9.17, 15) is 14.7 Å². The minimum absolute atomic E-state index is 0.0174. The number of methoxy groups -OCH3 is 1. The van der Waals surface area contributed by atoms with Gasteiger partial charge in [-0.25, -0.2) is 0 Å². The molecular formula is C29H29N3O6S. The Balaban J connectivity index is 1.51. The van der Waals surface area contributed by atoms with Gasteiger partial charge in [0.05, 0.1) is 25.3 Å². The number of fused-ring (bicyclic) bond motifs is 1. The predicted molar refractivity (Wildman–Crippen MR) is 148 cm³/mol. The number of aliphatic hydroxyl groups excluding tert-OH is 1. The summed E-state index contributed by atoms with van der Waals surface area (Å²) in [5, 5.41) is 20.8. The Morgan fingerprint density at radius 2 is 1.92 bits per heavy atom. The molecule has 9 nitrogen and oxygen atoms in total. The number of furan rings is 1. The number of unbranched alkanes of at least 4 members (excludes halogenated alkanes) is 3. The molecule has 1 amide bonds. The Morgan fingerprint density at radius 3 is 2.62 bits per heavy atom. The quantitative estimate of drug-likeness (QED) is 0.171. The molecule has 0 saturated heterocycles. The summed E-state index contributed by atoms with van der Waals surface area (Å²) in [4.78, 5) is 28.5. The zero-order valence-electron chi connectivity index (χ0n) is 22.0. The summed E-state index contributed by atoms with van der Waals surface area (Å²) in [7, 11) is 1.51. The topological polar surface area (TPSA) is 115 Å². The molecule has 1 atom stereocenters. The summed E-state index contributed by atoms with van der Waals surface area (Å²) >= 11 is 1.20. The number of nitrogens with zero attached hydrogens (tertiary/aromatic N) is 3. The fourth-order valence-electron chi connectivity index (χ4n) is 4.64. The molecule has 39 heavy (non-hydrogen) atoms. The molecule has 0 spiro atoms. The van der Waals surface area contributed by atoms with E-state index in [1.54, 1.807) is 55.5 Å². The molecule has 3 heterocycles. The van der Waals surface area contributed by atoms with Crippen LogP contribution in [0.15, 0.2) is 64.3 Å². The van der Waals surface area contributed by atoms with Crippen LogP contribution in [0.25, 0.3) is 11.0 Å². The molecule has 4 aromatic rings. The fraction of sp³-hybridized carbons (Fsp3) is 0.310. The summed E-state index contributed by atoms with van der Waals surface area (Å²) in [5.41, 5.74) is 0.913. The smallest absolute Gasteiger partial charge is 0.296 e. The number of anilines is 1. The molecule has 1 aliphatic rings. The van der Waals surface area contributed by atoms with Crippen LogP contribution < -0.4 is 14.4 Å². The maximum Gasteiger partial charge on any atom is 0.296 e. The summed E-state index contributed by atoms with van der Waals surface area (Å²) < 4.78 is 17.1. The minimum atomic E-state index is -0.939. The summed E-state index contributed by atoms with van der Waals surface area (Å²) in [6, 6.07) is 13.1. The third kappa shape index (κ3) is 5.12. The number of hydrogen-bond acceptors (Lipinski definition) is 9. The molecule has 5 rings (SSSR count). The average molecular weight is 548 g/mol. The first-order valence-corrected chi connectivity index (χ1v) is 13.6. The van der Waals surface area contributed by atoms with E-state index < -0.39 is 23.5 Å². The molecule has 2 aromatic carbocycles. The second kappa shape index (κ2) is 11.3. The largest absolute Gasteiger partial charge is 0.503 e. The SMILES string of the molecule is CCCCCCOc1ccc(C2C(C(=O)c3cc4cccc(OC)c4o3)=C(O)C(=O)N2c2nnc(C)s2)cc1. The number of Topliss-reactive ketones (excluding diaryl/α,β-unsaturated/α-hetero) is 1. The summed E-state index contributed by atoms with van der Waals surface area (Å²) in [5.74, 6) is -0.852. The van der Waals surface area contributed by atoms with E-state index >= 15 is 0 Å². The van der Waals surface area contributed by atoms with Crippen LogP contribution in [0.2, 0.25) is 0 Å². The standard InChI is InChI=1S/C29H29N3O6S/c1-4-5-6-7-15-37-20-13-11-18(12-14-20)24-23(26(34)28(35)32(24)29-31-30-17(2)39-29)25(33)22-16-19-9-8-10-21(36-3)27(19)38-22/h8-14,16,24,34H,4-7,15H2,1-3H3.